The first-order valence-electron chi connectivity index (χ1n) is 7.08. The van der Waals surface area contributed by atoms with E-state index in [1.54, 1.807) is 0 Å². The smallest absolute Gasteiger partial charge is 0.121 e. The molecule has 0 saturated heterocycles. The van der Waals surface area contributed by atoms with Gasteiger partial charge in [-0.25, -0.2) is 0 Å². The Morgan fingerprint density at radius 1 is 1.25 bits per heavy atom. The molecule has 1 unspecified atom stereocenters. The van der Waals surface area contributed by atoms with Crippen LogP contribution in [-0.4, -0.2) is 11.1 Å². The lowest BCUT2D eigenvalue weighted by molar-refractivity contribution is 0.217. The van der Waals surface area contributed by atoms with E-state index in [-0.39, 0.29) is 6.10 Å². The average molecular weight is 270 g/mol. The molecule has 0 spiro atoms. The minimum absolute atomic E-state index is 0.242. The number of hydrogen-bond donors (Lipinski definition) is 1. The first kappa shape index (κ1) is 14.4. The van der Waals surface area contributed by atoms with E-state index < -0.39 is 0 Å². The van der Waals surface area contributed by atoms with E-state index >= 15 is 0 Å². The normalized spacial score (nSPS) is 11.9. The maximum absolute atomic E-state index is 5.82. The van der Waals surface area contributed by atoms with E-state index in [0.29, 0.717) is 0 Å². The summed E-state index contributed by atoms with van der Waals surface area (Å²) in [5, 5.41) is 3.40. The summed E-state index contributed by atoms with van der Waals surface area (Å²) in [5.74, 6) is 0.909. The summed E-state index contributed by atoms with van der Waals surface area (Å²) in [6.45, 7) is 7.02. The van der Waals surface area contributed by atoms with Gasteiger partial charge in [-0.2, -0.15) is 0 Å². The van der Waals surface area contributed by atoms with Gasteiger partial charge in [0.25, 0.3) is 0 Å². The zero-order chi connectivity index (χ0) is 14.4. The summed E-state index contributed by atoms with van der Waals surface area (Å²) in [6.07, 6.45) is 5.00. The number of aromatic nitrogens is 1. The molecule has 0 bridgehead atoms. The van der Waals surface area contributed by atoms with Gasteiger partial charge in [0.1, 0.15) is 5.75 Å². The van der Waals surface area contributed by atoms with Gasteiger partial charge in [0.2, 0.25) is 0 Å². The highest BCUT2D eigenvalue weighted by Crippen LogP contribution is 2.19. The molecule has 20 heavy (non-hydrogen) atoms. The molecule has 2 aromatic rings. The average Bonchev–Trinajstić information content (AvgIpc) is 2.45. The van der Waals surface area contributed by atoms with Crippen LogP contribution in [0.2, 0.25) is 0 Å². The Bertz CT molecular complexity index is 554. The standard InChI is InChI=1S/C17H22N2O/c1-4-14(3)20-17-7-5-6-16(9-17)19-12-15-8-13(2)10-18-11-15/h5-11,14,19H,4,12H2,1-3H3. The number of anilines is 1. The third-order valence-electron chi connectivity index (χ3n) is 3.17. The maximum Gasteiger partial charge on any atom is 0.121 e. The lowest BCUT2D eigenvalue weighted by Crippen LogP contribution is -2.09. The molecule has 3 nitrogen and oxygen atoms in total. The summed E-state index contributed by atoms with van der Waals surface area (Å²) in [4.78, 5) is 4.20. The van der Waals surface area contributed by atoms with Gasteiger partial charge in [0.15, 0.2) is 0 Å². The zero-order valence-corrected chi connectivity index (χ0v) is 12.4. The summed E-state index contributed by atoms with van der Waals surface area (Å²) >= 11 is 0. The largest absolute Gasteiger partial charge is 0.491 e. The highest BCUT2D eigenvalue weighted by Gasteiger charge is 2.02. The first-order chi connectivity index (χ1) is 9.67. The topological polar surface area (TPSA) is 34.1 Å². The van der Waals surface area contributed by atoms with Gasteiger partial charge in [-0.05, 0) is 43.5 Å². The van der Waals surface area contributed by atoms with Gasteiger partial charge in [-0.1, -0.05) is 19.1 Å². The van der Waals surface area contributed by atoms with E-state index in [9.17, 15) is 0 Å². The fraction of sp³-hybridized carbons (Fsp3) is 0.353. The molecule has 1 aromatic carbocycles. The Hall–Kier alpha value is -2.03. The van der Waals surface area contributed by atoms with E-state index in [1.807, 2.05) is 36.7 Å². The molecule has 0 amide bonds. The number of pyridine rings is 1. The lowest BCUT2D eigenvalue weighted by atomic mass is 10.2. The van der Waals surface area contributed by atoms with Crippen LogP contribution in [0.25, 0.3) is 0 Å². The third-order valence-corrected chi connectivity index (χ3v) is 3.17. The highest BCUT2D eigenvalue weighted by molar-refractivity contribution is 5.48. The van der Waals surface area contributed by atoms with Crippen molar-refractivity contribution in [3.05, 3.63) is 53.9 Å². The highest BCUT2D eigenvalue weighted by atomic mass is 16.5. The Morgan fingerprint density at radius 2 is 2.10 bits per heavy atom. The molecule has 1 atom stereocenters. The van der Waals surface area contributed by atoms with Crippen LogP contribution in [0.5, 0.6) is 5.75 Å². The lowest BCUT2D eigenvalue weighted by Gasteiger charge is -2.14. The van der Waals surface area contributed by atoms with Crippen LogP contribution in [0.1, 0.15) is 31.4 Å². The molecular weight excluding hydrogens is 248 g/mol. The Balaban J connectivity index is 1.97. The molecule has 0 aliphatic heterocycles. The van der Waals surface area contributed by atoms with Crippen LogP contribution in [-0.2, 0) is 6.54 Å². The predicted molar refractivity (Wildman–Crippen MR) is 83.1 cm³/mol. The van der Waals surface area contributed by atoms with Crippen LogP contribution in [0.15, 0.2) is 42.7 Å². The summed E-state index contributed by atoms with van der Waals surface area (Å²) in [7, 11) is 0. The Kier molecular flexibility index (Phi) is 4.99. The molecule has 106 valence electrons. The van der Waals surface area contributed by atoms with Crippen LogP contribution >= 0.6 is 0 Å². The molecule has 0 aliphatic carbocycles. The number of rotatable bonds is 6. The molecule has 0 fully saturated rings. The molecule has 1 aromatic heterocycles. The van der Waals surface area contributed by atoms with Gasteiger partial charge >= 0.3 is 0 Å². The minimum Gasteiger partial charge on any atom is -0.491 e. The molecule has 0 aliphatic rings. The molecule has 0 radical (unpaired) electrons. The van der Waals surface area contributed by atoms with Crippen LogP contribution in [0, 0.1) is 6.92 Å². The second-order valence-corrected chi connectivity index (χ2v) is 5.09. The third kappa shape index (κ3) is 4.26. The fourth-order valence-corrected chi connectivity index (χ4v) is 1.91. The van der Waals surface area contributed by atoms with Crippen LogP contribution < -0.4 is 10.1 Å². The van der Waals surface area contributed by atoms with Crippen molar-refractivity contribution in [3.8, 4) is 5.75 Å². The number of ether oxygens (including phenoxy) is 1. The molecular formula is C17H22N2O. The minimum atomic E-state index is 0.242. The monoisotopic (exact) mass is 270 g/mol. The number of nitrogens with one attached hydrogen (secondary N) is 1. The van der Waals surface area contributed by atoms with Gasteiger partial charge in [0, 0.05) is 30.7 Å². The second-order valence-electron chi connectivity index (χ2n) is 5.09. The molecule has 3 heteroatoms. The van der Waals surface area contributed by atoms with Crippen molar-refractivity contribution in [3.63, 3.8) is 0 Å². The van der Waals surface area contributed by atoms with E-state index in [2.05, 4.69) is 37.1 Å². The number of hydrogen-bond acceptors (Lipinski definition) is 3. The van der Waals surface area contributed by atoms with Gasteiger partial charge in [-0.3, -0.25) is 4.98 Å². The van der Waals surface area contributed by atoms with Gasteiger partial charge in [0.05, 0.1) is 6.10 Å². The van der Waals surface area contributed by atoms with Crippen molar-refractivity contribution >= 4 is 5.69 Å². The van der Waals surface area contributed by atoms with Gasteiger partial charge < -0.3 is 10.1 Å². The van der Waals surface area contributed by atoms with Crippen molar-refractivity contribution in [2.75, 3.05) is 5.32 Å². The first-order valence-corrected chi connectivity index (χ1v) is 7.08. The zero-order valence-electron chi connectivity index (χ0n) is 12.4. The predicted octanol–water partition coefficient (Wildman–Crippen LogP) is 4.18. The Labute approximate surface area is 121 Å². The summed E-state index contributed by atoms with van der Waals surface area (Å²) in [6, 6.07) is 10.2. The molecule has 1 N–H and O–H groups in total. The van der Waals surface area contributed by atoms with E-state index in [0.717, 1.165) is 24.4 Å². The summed E-state index contributed by atoms with van der Waals surface area (Å²) in [5.41, 5.74) is 3.42. The van der Waals surface area contributed by atoms with Crippen LogP contribution in [0.3, 0.4) is 0 Å². The van der Waals surface area contributed by atoms with Crippen molar-refractivity contribution in [2.24, 2.45) is 0 Å². The molecule has 1 heterocycles. The van der Waals surface area contributed by atoms with Crippen molar-refractivity contribution < 1.29 is 4.74 Å². The van der Waals surface area contributed by atoms with Gasteiger partial charge in [-0.15, -0.1) is 0 Å². The van der Waals surface area contributed by atoms with E-state index in [1.165, 1.54) is 11.1 Å². The van der Waals surface area contributed by atoms with Crippen molar-refractivity contribution in [1.29, 1.82) is 0 Å². The molecule has 2 rings (SSSR count). The van der Waals surface area contributed by atoms with Crippen molar-refractivity contribution in [2.45, 2.75) is 39.8 Å². The van der Waals surface area contributed by atoms with Crippen molar-refractivity contribution in [1.82, 2.24) is 4.98 Å². The second kappa shape index (κ2) is 6.94. The summed E-state index contributed by atoms with van der Waals surface area (Å²) < 4.78 is 5.82. The number of nitrogens with zero attached hydrogens (tertiary/aromatic N) is 1. The maximum atomic E-state index is 5.82. The number of aryl methyl sites for hydroxylation is 1. The number of benzene rings is 1. The Morgan fingerprint density at radius 3 is 2.85 bits per heavy atom. The fourth-order valence-electron chi connectivity index (χ4n) is 1.91. The quantitative estimate of drug-likeness (QED) is 0.855. The SMILES string of the molecule is CCC(C)Oc1cccc(NCc2cncc(C)c2)c1. The van der Waals surface area contributed by atoms with Crippen LogP contribution in [0.4, 0.5) is 5.69 Å². The van der Waals surface area contributed by atoms with E-state index in [4.69, 9.17) is 4.74 Å². The molecule has 0 saturated carbocycles.